The predicted octanol–water partition coefficient (Wildman–Crippen LogP) is 5.40. The Bertz CT molecular complexity index is 1160. The molecule has 0 saturated carbocycles. The van der Waals surface area contributed by atoms with Gasteiger partial charge in [0.15, 0.2) is 0 Å². The third kappa shape index (κ3) is 4.52. The normalized spacial score (nSPS) is 11.9. The third-order valence-electron chi connectivity index (χ3n) is 4.95. The summed E-state index contributed by atoms with van der Waals surface area (Å²) in [5.41, 5.74) is 4.18. The van der Waals surface area contributed by atoms with Gasteiger partial charge in [0.05, 0.1) is 5.25 Å². The molecule has 4 rings (SSSR count). The quantitative estimate of drug-likeness (QED) is 0.430. The first-order valence-electron chi connectivity index (χ1n) is 9.92. The smallest absolute Gasteiger partial charge is 0.233 e. The maximum Gasteiger partial charge on any atom is 0.233 e. The fourth-order valence-electron chi connectivity index (χ4n) is 3.24. The summed E-state index contributed by atoms with van der Waals surface area (Å²) < 4.78 is 0. The van der Waals surface area contributed by atoms with Crippen LogP contribution in [-0.2, 0) is 11.3 Å². The molecule has 150 valence electrons. The van der Waals surface area contributed by atoms with E-state index in [9.17, 15) is 4.79 Å². The van der Waals surface area contributed by atoms with Gasteiger partial charge in [-0.3, -0.25) is 4.79 Å². The highest BCUT2D eigenvalue weighted by molar-refractivity contribution is 8.00. The number of benzene rings is 3. The lowest BCUT2D eigenvalue weighted by Gasteiger charge is -2.14. The van der Waals surface area contributed by atoms with Gasteiger partial charge in [-0.2, -0.15) is 0 Å². The molecule has 0 radical (unpaired) electrons. The van der Waals surface area contributed by atoms with Crippen molar-refractivity contribution in [1.29, 1.82) is 0 Å². The van der Waals surface area contributed by atoms with Crippen LogP contribution in [0.3, 0.4) is 0 Å². The molecule has 1 atom stereocenters. The van der Waals surface area contributed by atoms with E-state index in [1.165, 1.54) is 17.3 Å². The Morgan fingerprint density at radius 3 is 2.30 bits per heavy atom. The number of aromatic nitrogens is 2. The Morgan fingerprint density at radius 2 is 1.57 bits per heavy atom. The summed E-state index contributed by atoms with van der Waals surface area (Å²) in [4.78, 5) is 12.6. The third-order valence-corrected chi connectivity index (χ3v) is 6.04. The molecule has 1 aromatic heterocycles. The van der Waals surface area contributed by atoms with E-state index in [0.717, 1.165) is 32.6 Å². The van der Waals surface area contributed by atoms with Crippen LogP contribution in [0.15, 0.2) is 83.9 Å². The summed E-state index contributed by atoms with van der Waals surface area (Å²) >= 11 is 1.44. The predicted molar refractivity (Wildman–Crippen MR) is 123 cm³/mol. The van der Waals surface area contributed by atoms with Gasteiger partial charge < -0.3 is 5.32 Å². The van der Waals surface area contributed by atoms with Crippen LogP contribution in [-0.4, -0.2) is 21.4 Å². The van der Waals surface area contributed by atoms with Crippen LogP contribution >= 0.6 is 11.8 Å². The molecule has 4 aromatic rings. The van der Waals surface area contributed by atoms with Crippen LogP contribution in [0.25, 0.3) is 22.0 Å². The zero-order valence-corrected chi connectivity index (χ0v) is 17.8. The van der Waals surface area contributed by atoms with Crippen LogP contribution in [0, 0.1) is 6.92 Å². The van der Waals surface area contributed by atoms with Crippen molar-refractivity contribution in [3.05, 3.63) is 90.0 Å². The summed E-state index contributed by atoms with van der Waals surface area (Å²) in [7, 11) is 0. The van der Waals surface area contributed by atoms with Crippen LogP contribution in [0.4, 0.5) is 0 Å². The first-order chi connectivity index (χ1) is 14.6. The first-order valence-corrected chi connectivity index (χ1v) is 10.8. The molecule has 5 heteroatoms. The summed E-state index contributed by atoms with van der Waals surface area (Å²) in [6.07, 6.45) is 0. The zero-order chi connectivity index (χ0) is 20.9. The minimum Gasteiger partial charge on any atom is -0.351 e. The second-order valence-electron chi connectivity index (χ2n) is 7.23. The second-order valence-corrected chi connectivity index (χ2v) is 8.56. The van der Waals surface area contributed by atoms with Gasteiger partial charge in [-0.05, 0) is 19.4 Å². The largest absolute Gasteiger partial charge is 0.351 e. The highest BCUT2D eigenvalue weighted by Crippen LogP contribution is 2.33. The molecular formula is C25H23N3OS. The average molecular weight is 414 g/mol. The maximum absolute atomic E-state index is 12.6. The second kappa shape index (κ2) is 9.09. The molecular weight excluding hydrogens is 390 g/mol. The molecule has 0 aliphatic carbocycles. The van der Waals surface area contributed by atoms with Crippen molar-refractivity contribution in [2.45, 2.75) is 30.7 Å². The number of nitrogens with one attached hydrogen (secondary N) is 1. The molecule has 0 spiro atoms. The SMILES string of the molecule is Cc1ccc(CNC(=O)C(C)Sc2nnc(-c3ccccc3)c3ccccc23)cc1. The van der Waals surface area contributed by atoms with Gasteiger partial charge in [0.25, 0.3) is 0 Å². The summed E-state index contributed by atoms with van der Waals surface area (Å²) in [5, 5.41) is 14.5. The number of carbonyl (C=O) groups is 1. The molecule has 30 heavy (non-hydrogen) atoms. The highest BCUT2D eigenvalue weighted by atomic mass is 32.2. The Labute approximate surface area is 180 Å². The van der Waals surface area contributed by atoms with Crippen molar-refractivity contribution in [3.8, 4) is 11.3 Å². The molecule has 0 aliphatic rings. The number of carbonyl (C=O) groups excluding carboxylic acids is 1. The van der Waals surface area contributed by atoms with Gasteiger partial charge in [0, 0.05) is 22.9 Å². The molecule has 1 N–H and O–H groups in total. The van der Waals surface area contributed by atoms with E-state index in [4.69, 9.17) is 0 Å². The van der Waals surface area contributed by atoms with E-state index in [2.05, 4.69) is 40.6 Å². The number of aryl methyl sites for hydroxylation is 1. The van der Waals surface area contributed by atoms with Crippen LogP contribution in [0.1, 0.15) is 18.1 Å². The Morgan fingerprint density at radius 1 is 0.900 bits per heavy atom. The van der Waals surface area contributed by atoms with Crippen LogP contribution < -0.4 is 5.32 Å². The van der Waals surface area contributed by atoms with Crippen LogP contribution in [0.5, 0.6) is 0 Å². The minimum atomic E-state index is -0.282. The van der Waals surface area contributed by atoms with E-state index < -0.39 is 0 Å². The van der Waals surface area contributed by atoms with Gasteiger partial charge in [0.2, 0.25) is 5.91 Å². The Hall–Kier alpha value is -3.18. The Kier molecular flexibility index (Phi) is 6.10. The van der Waals surface area contributed by atoms with E-state index in [-0.39, 0.29) is 11.2 Å². The standard InChI is InChI=1S/C25H23N3OS/c1-17-12-14-19(15-13-17)16-26-24(29)18(2)30-25-22-11-7-6-10-21(22)23(27-28-25)20-8-4-3-5-9-20/h3-15,18H,16H2,1-2H3,(H,26,29). The molecule has 4 nitrogen and oxygen atoms in total. The average Bonchev–Trinajstić information content (AvgIpc) is 2.79. The van der Waals surface area contributed by atoms with E-state index in [0.29, 0.717) is 6.54 Å². The number of thioether (sulfide) groups is 1. The van der Waals surface area contributed by atoms with Crippen molar-refractivity contribution >= 4 is 28.4 Å². The monoisotopic (exact) mass is 413 g/mol. The Balaban J connectivity index is 1.52. The lowest BCUT2D eigenvalue weighted by atomic mass is 10.1. The number of hydrogen-bond donors (Lipinski definition) is 1. The number of nitrogens with zero attached hydrogens (tertiary/aromatic N) is 2. The van der Waals surface area contributed by atoms with Crippen molar-refractivity contribution in [1.82, 2.24) is 15.5 Å². The fraction of sp³-hybridized carbons (Fsp3) is 0.160. The van der Waals surface area contributed by atoms with Crippen molar-refractivity contribution in [3.63, 3.8) is 0 Å². The number of rotatable bonds is 6. The fourth-order valence-corrected chi connectivity index (χ4v) is 4.15. The van der Waals surface area contributed by atoms with Crippen molar-refractivity contribution in [2.75, 3.05) is 0 Å². The lowest BCUT2D eigenvalue weighted by molar-refractivity contribution is -0.120. The summed E-state index contributed by atoms with van der Waals surface area (Å²) in [6.45, 7) is 4.47. The molecule has 1 heterocycles. The molecule has 1 amide bonds. The zero-order valence-electron chi connectivity index (χ0n) is 17.0. The molecule has 0 saturated heterocycles. The summed E-state index contributed by atoms with van der Waals surface area (Å²) in [5.74, 6) is -0.0152. The number of fused-ring (bicyclic) bond motifs is 1. The highest BCUT2D eigenvalue weighted by Gasteiger charge is 2.18. The molecule has 0 aliphatic heterocycles. The van der Waals surface area contributed by atoms with Gasteiger partial charge in [0.1, 0.15) is 10.7 Å². The van der Waals surface area contributed by atoms with Crippen molar-refractivity contribution < 1.29 is 4.79 Å². The number of hydrogen-bond acceptors (Lipinski definition) is 4. The van der Waals surface area contributed by atoms with Gasteiger partial charge in [-0.15, -0.1) is 10.2 Å². The van der Waals surface area contributed by atoms with Gasteiger partial charge in [-0.1, -0.05) is 96.2 Å². The molecule has 0 fully saturated rings. The maximum atomic E-state index is 12.6. The first kappa shape index (κ1) is 20.1. The minimum absolute atomic E-state index is 0.0152. The number of amides is 1. The van der Waals surface area contributed by atoms with Gasteiger partial charge in [-0.25, -0.2) is 0 Å². The lowest BCUT2D eigenvalue weighted by Crippen LogP contribution is -2.30. The molecule has 0 bridgehead atoms. The van der Waals surface area contributed by atoms with E-state index in [1.54, 1.807) is 0 Å². The van der Waals surface area contributed by atoms with Crippen LogP contribution in [0.2, 0.25) is 0 Å². The summed E-state index contributed by atoms with van der Waals surface area (Å²) in [6, 6.07) is 26.3. The van der Waals surface area contributed by atoms with Gasteiger partial charge >= 0.3 is 0 Å². The molecule has 1 unspecified atom stereocenters. The van der Waals surface area contributed by atoms with E-state index >= 15 is 0 Å². The van der Waals surface area contributed by atoms with Crippen molar-refractivity contribution in [2.24, 2.45) is 0 Å². The molecule has 3 aromatic carbocycles. The van der Waals surface area contributed by atoms with E-state index in [1.807, 2.05) is 67.6 Å². The topological polar surface area (TPSA) is 54.9 Å².